The molecule has 0 bridgehead atoms. The second-order valence-corrected chi connectivity index (χ2v) is 4.92. The Bertz CT molecular complexity index is 602. The number of nitrogens with two attached hydrogens (primary N) is 2. The van der Waals surface area contributed by atoms with Gasteiger partial charge in [0.2, 0.25) is 0 Å². The van der Waals surface area contributed by atoms with Crippen LogP contribution >= 0.6 is 0 Å². The van der Waals surface area contributed by atoms with Crippen molar-refractivity contribution in [3.8, 4) is 0 Å². The molecule has 0 amide bonds. The first-order valence-corrected chi connectivity index (χ1v) is 6.35. The summed E-state index contributed by atoms with van der Waals surface area (Å²) in [5, 5.41) is 8.53. The van der Waals surface area contributed by atoms with E-state index in [0.29, 0.717) is 5.69 Å². The monoisotopic (exact) mass is 269 g/mol. The zero-order chi connectivity index (χ0) is 14.5. The van der Waals surface area contributed by atoms with Crippen LogP contribution in [0.3, 0.4) is 0 Å². The van der Waals surface area contributed by atoms with Crippen molar-refractivity contribution < 1.29 is 0 Å². The summed E-state index contributed by atoms with van der Waals surface area (Å²) < 4.78 is 0. The second-order valence-electron chi connectivity index (χ2n) is 4.92. The third-order valence-electron chi connectivity index (χ3n) is 2.76. The molecule has 0 aliphatic carbocycles. The molecule has 0 unspecified atom stereocenters. The molecule has 0 aromatic heterocycles. The van der Waals surface area contributed by atoms with Crippen LogP contribution in [0.15, 0.2) is 52.7 Å². The van der Waals surface area contributed by atoms with Crippen molar-refractivity contribution in [1.29, 1.82) is 0 Å². The van der Waals surface area contributed by atoms with Gasteiger partial charge in [-0.25, -0.2) is 0 Å². The Balaban J connectivity index is 2.25. The molecule has 4 N–H and O–H groups in total. The van der Waals surface area contributed by atoms with Gasteiger partial charge in [-0.2, -0.15) is 10.2 Å². The summed E-state index contributed by atoms with van der Waals surface area (Å²) in [5.74, 6) is 0. The van der Waals surface area contributed by atoms with Crippen LogP contribution in [-0.2, 0) is 6.54 Å². The fraction of sp³-hybridized carbons (Fsp3) is 0.200. The molecule has 0 fully saturated rings. The quantitative estimate of drug-likeness (QED) is 0.660. The minimum Gasteiger partial charge on any atom is -0.399 e. The fourth-order valence-electron chi connectivity index (χ4n) is 1.82. The number of benzene rings is 2. The van der Waals surface area contributed by atoms with Crippen LogP contribution in [-0.4, -0.2) is 19.0 Å². The topological polar surface area (TPSA) is 80.0 Å². The highest BCUT2D eigenvalue weighted by Gasteiger charge is 2.04. The molecule has 0 aliphatic rings. The summed E-state index contributed by atoms with van der Waals surface area (Å²) in [6.45, 7) is 0.765. The van der Waals surface area contributed by atoms with Crippen LogP contribution in [0.25, 0.3) is 0 Å². The van der Waals surface area contributed by atoms with Gasteiger partial charge in [0.1, 0.15) is 0 Å². The molecule has 0 radical (unpaired) electrons. The molecule has 2 rings (SSSR count). The maximum Gasteiger partial charge on any atom is 0.0903 e. The highest BCUT2D eigenvalue weighted by Crippen LogP contribution is 2.25. The molecule has 0 saturated heterocycles. The lowest BCUT2D eigenvalue weighted by molar-refractivity contribution is 0.403. The van der Waals surface area contributed by atoms with E-state index in [4.69, 9.17) is 11.5 Å². The number of hydrogen-bond donors (Lipinski definition) is 2. The van der Waals surface area contributed by atoms with Gasteiger partial charge >= 0.3 is 0 Å². The van der Waals surface area contributed by atoms with Crippen molar-refractivity contribution in [2.24, 2.45) is 10.2 Å². The molecule has 5 nitrogen and oxygen atoms in total. The first kappa shape index (κ1) is 14.0. The molecule has 0 aliphatic heterocycles. The Morgan fingerprint density at radius 1 is 0.900 bits per heavy atom. The number of hydrogen-bond acceptors (Lipinski definition) is 5. The number of rotatable bonds is 4. The van der Waals surface area contributed by atoms with Crippen molar-refractivity contribution in [2.45, 2.75) is 6.54 Å². The molecule has 0 spiro atoms. The fourth-order valence-corrected chi connectivity index (χ4v) is 1.82. The van der Waals surface area contributed by atoms with E-state index in [0.717, 1.165) is 29.2 Å². The van der Waals surface area contributed by atoms with Crippen molar-refractivity contribution in [1.82, 2.24) is 4.90 Å². The molecule has 5 heteroatoms. The number of nitrogen functional groups attached to an aromatic ring is 2. The van der Waals surface area contributed by atoms with Crippen molar-refractivity contribution in [3.05, 3.63) is 48.0 Å². The van der Waals surface area contributed by atoms with Gasteiger partial charge in [-0.3, -0.25) is 0 Å². The number of nitrogens with zero attached hydrogens (tertiary/aromatic N) is 3. The third kappa shape index (κ3) is 3.80. The number of azo groups is 1. The highest BCUT2D eigenvalue weighted by molar-refractivity contribution is 5.55. The first-order valence-electron chi connectivity index (χ1n) is 6.35. The minimum absolute atomic E-state index is 0.713. The normalized spacial score (nSPS) is 11.3. The van der Waals surface area contributed by atoms with E-state index in [2.05, 4.69) is 15.1 Å². The lowest BCUT2D eigenvalue weighted by atomic mass is 10.1. The number of anilines is 2. The van der Waals surface area contributed by atoms with Gasteiger partial charge < -0.3 is 16.4 Å². The van der Waals surface area contributed by atoms with Crippen LogP contribution in [0.2, 0.25) is 0 Å². The van der Waals surface area contributed by atoms with E-state index in [1.54, 1.807) is 12.1 Å². The van der Waals surface area contributed by atoms with Crippen LogP contribution in [0.5, 0.6) is 0 Å². The lowest BCUT2D eigenvalue weighted by Crippen LogP contribution is -2.10. The summed E-state index contributed by atoms with van der Waals surface area (Å²) >= 11 is 0. The van der Waals surface area contributed by atoms with E-state index in [1.807, 2.05) is 44.4 Å². The van der Waals surface area contributed by atoms with Crippen molar-refractivity contribution in [3.63, 3.8) is 0 Å². The lowest BCUT2D eigenvalue weighted by Gasteiger charge is -2.12. The summed E-state index contributed by atoms with van der Waals surface area (Å²) in [4.78, 5) is 2.07. The van der Waals surface area contributed by atoms with Gasteiger partial charge in [0.05, 0.1) is 11.4 Å². The molecule has 2 aromatic carbocycles. The maximum atomic E-state index is 5.82. The van der Waals surface area contributed by atoms with E-state index in [-0.39, 0.29) is 0 Å². The van der Waals surface area contributed by atoms with E-state index < -0.39 is 0 Å². The Hall–Kier alpha value is -2.40. The molecule has 0 heterocycles. The Morgan fingerprint density at radius 2 is 1.55 bits per heavy atom. The molecular weight excluding hydrogens is 250 g/mol. The predicted molar refractivity (Wildman–Crippen MR) is 83.3 cm³/mol. The smallest absolute Gasteiger partial charge is 0.0903 e. The largest absolute Gasteiger partial charge is 0.399 e. The Kier molecular flexibility index (Phi) is 4.32. The van der Waals surface area contributed by atoms with Gasteiger partial charge in [0, 0.05) is 17.9 Å². The maximum absolute atomic E-state index is 5.82. The standard InChI is InChI=1S/C15H19N5/c1-20(2)10-11-9-13(17)5-8-15(11)19-18-14-6-3-12(16)4-7-14/h3-9H,10,16-17H2,1-2H3. The Labute approximate surface area is 118 Å². The summed E-state index contributed by atoms with van der Waals surface area (Å²) in [7, 11) is 4.01. The minimum atomic E-state index is 0.713. The molecule has 104 valence electrons. The zero-order valence-electron chi connectivity index (χ0n) is 11.7. The van der Waals surface area contributed by atoms with Gasteiger partial charge in [0.15, 0.2) is 0 Å². The van der Waals surface area contributed by atoms with Gasteiger partial charge in [-0.05, 0) is 62.1 Å². The van der Waals surface area contributed by atoms with Crippen LogP contribution < -0.4 is 11.5 Å². The molecule has 0 saturated carbocycles. The zero-order valence-corrected chi connectivity index (χ0v) is 11.7. The van der Waals surface area contributed by atoms with Crippen molar-refractivity contribution >= 4 is 22.7 Å². The van der Waals surface area contributed by atoms with Crippen LogP contribution in [0.1, 0.15) is 5.56 Å². The summed E-state index contributed by atoms with van der Waals surface area (Å²) in [5.41, 5.74) is 15.5. The predicted octanol–water partition coefficient (Wildman–Crippen LogP) is 3.33. The summed E-state index contributed by atoms with van der Waals surface area (Å²) in [6, 6.07) is 12.9. The average Bonchev–Trinajstić information content (AvgIpc) is 2.39. The van der Waals surface area contributed by atoms with E-state index >= 15 is 0 Å². The van der Waals surface area contributed by atoms with Gasteiger partial charge in [-0.1, -0.05) is 0 Å². The third-order valence-corrected chi connectivity index (χ3v) is 2.76. The van der Waals surface area contributed by atoms with Crippen molar-refractivity contribution in [2.75, 3.05) is 25.6 Å². The molecular formula is C15H19N5. The first-order chi connectivity index (χ1) is 9.54. The Morgan fingerprint density at radius 3 is 2.20 bits per heavy atom. The second kappa shape index (κ2) is 6.16. The average molecular weight is 269 g/mol. The van der Waals surface area contributed by atoms with Gasteiger partial charge in [-0.15, -0.1) is 0 Å². The summed E-state index contributed by atoms with van der Waals surface area (Å²) in [6.07, 6.45) is 0. The highest BCUT2D eigenvalue weighted by atomic mass is 15.1. The van der Waals surface area contributed by atoms with E-state index in [9.17, 15) is 0 Å². The SMILES string of the molecule is CN(C)Cc1cc(N)ccc1N=Nc1ccc(N)cc1. The van der Waals surface area contributed by atoms with Crippen LogP contribution in [0, 0.1) is 0 Å². The molecule has 20 heavy (non-hydrogen) atoms. The van der Waals surface area contributed by atoms with Crippen LogP contribution in [0.4, 0.5) is 22.7 Å². The molecule has 2 aromatic rings. The molecule has 0 atom stereocenters. The van der Waals surface area contributed by atoms with E-state index in [1.165, 1.54) is 0 Å². The van der Waals surface area contributed by atoms with Gasteiger partial charge in [0.25, 0.3) is 0 Å².